The Hall–Kier alpha value is -3.72. The fourth-order valence-electron chi connectivity index (χ4n) is 2.81. The van der Waals surface area contributed by atoms with Gasteiger partial charge in [0, 0.05) is 18.3 Å². The maximum absolute atomic E-state index is 12.2. The summed E-state index contributed by atoms with van der Waals surface area (Å²) in [4.78, 5) is 16.6. The molecule has 0 bridgehead atoms. The van der Waals surface area contributed by atoms with Crippen LogP contribution in [-0.4, -0.2) is 29.0 Å². The number of urea groups is 1. The number of sulfonamides is 1. The van der Waals surface area contributed by atoms with Gasteiger partial charge in [0.25, 0.3) is 10.0 Å². The molecule has 146 valence electrons. The highest BCUT2D eigenvalue weighted by molar-refractivity contribution is 7.90. The van der Waals surface area contributed by atoms with E-state index < -0.39 is 16.1 Å². The number of carbonyl (C=O) groups excluding carboxylic acids is 1. The summed E-state index contributed by atoms with van der Waals surface area (Å²) in [6, 6.07) is 18.1. The first kappa shape index (κ1) is 18.6. The Morgan fingerprint density at radius 3 is 2.62 bits per heavy atom. The second kappa shape index (κ2) is 7.72. The van der Waals surface area contributed by atoms with E-state index in [0.29, 0.717) is 0 Å². The topological polar surface area (TPSA) is 105 Å². The molecule has 0 saturated carbocycles. The van der Waals surface area contributed by atoms with E-state index in [2.05, 4.69) is 15.4 Å². The van der Waals surface area contributed by atoms with Gasteiger partial charge in [-0.1, -0.05) is 36.4 Å². The first-order valence-corrected chi connectivity index (χ1v) is 10.2. The van der Waals surface area contributed by atoms with Gasteiger partial charge >= 0.3 is 6.03 Å². The summed E-state index contributed by atoms with van der Waals surface area (Å²) in [5.41, 5.74) is 3.16. The third kappa shape index (κ3) is 4.25. The first-order valence-electron chi connectivity index (χ1n) is 8.77. The second-order valence-electron chi connectivity index (χ2n) is 6.25. The van der Waals surface area contributed by atoms with E-state index in [9.17, 15) is 13.2 Å². The highest BCUT2D eigenvalue weighted by Gasteiger charge is 2.16. The maximum Gasteiger partial charge on any atom is 0.328 e. The van der Waals surface area contributed by atoms with E-state index in [4.69, 9.17) is 0 Å². The fraction of sp³-hybridized carbons (Fsp3) is 0.0500. The Morgan fingerprint density at radius 2 is 1.83 bits per heavy atom. The summed E-state index contributed by atoms with van der Waals surface area (Å²) in [7, 11) is -3.91. The van der Waals surface area contributed by atoms with Gasteiger partial charge < -0.3 is 5.32 Å². The van der Waals surface area contributed by atoms with E-state index in [1.54, 1.807) is 28.9 Å². The van der Waals surface area contributed by atoms with E-state index in [1.807, 2.05) is 47.3 Å². The zero-order valence-electron chi connectivity index (χ0n) is 15.2. The molecule has 0 aliphatic heterocycles. The predicted molar refractivity (Wildman–Crippen MR) is 107 cm³/mol. The van der Waals surface area contributed by atoms with Crippen LogP contribution in [-0.2, 0) is 16.6 Å². The van der Waals surface area contributed by atoms with Gasteiger partial charge in [-0.15, -0.1) is 0 Å². The van der Waals surface area contributed by atoms with Crippen molar-refractivity contribution in [2.45, 2.75) is 11.4 Å². The Labute approximate surface area is 167 Å². The minimum Gasteiger partial charge on any atom is -0.333 e. The average Bonchev–Trinajstić information content (AvgIpc) is 3.17. The molecule has 0 unspecified atom stereocenters. The molecule has 29 heavy (non-hydrogen) atoms. The lowest BCUT2D eigenvalue weighted by atomic mass is 10.1. The summed E-state index contributed by atoms with van der Waals surface area (Å²) in [5.74, 6) is 0. The van der Waals surface area contributed by atoms with E-state index in [1.165, 1.54) is 12.1 Å². The number of aromatic nitrogens is 3. The number of nitrogens with one attached hydrogen (secondary N) is 2. The molecule has 2 aromatic carbocycles. The summed E-state index contributed by atoms with van der Waals surface area (Å²) >= 11 is 0. The molecule has 2 amide bonds. The average molecular weight is 407 g/mol. The molecule has 9 heteroatoms. The third-order valence-corrected chi connectivity index (χ3v) is 5.54. The van der Waals surface area contributed by atoms with Crippen LogP contribution >= 0.6 is 0 Å². The van der Waals surface area contributed by atoms with E-state index >= 15 is 0 Å². The smallest absolute Gasteiger partial charge is 0.328 e. The van der Waals surface area contributed by atoms with Crippen molar-refractivity contribution in [3.05, 3.63) is 84.7 Å². The highest BCUT2D eigenvalue weighted by atomic mass is 32.2. The van der Waals surface area contributed by atoms with Crippen molar-refractivity contribution in [2.24, 2.45) is 0 Å². The van der Waals surface area contributed by atoms with Crippen molar-refractivity contribution in [1.82, 2.24) is 24.6 Å². The number of hydrogen-bond acceptors (Lipinski definition) is 5. The van der Waals surface area contributed by atoms with Gasteiger partial charge in [0.1, 0.15) is 0 Å². The molecule has 2 heterocycles. The molecule has 0 saturated heterocycles. The number of hydrogen-bond donors (Lipinski definition) is 2. The van der Waals surface area contributed by atoms with Gasteiger partial charge in [-0.25, -0.2) is 27.4 Å². The molecule has 0 aliphatic rings. The van der Waals surface area contributed by atoms with E-state index in [0.717, 1.165) is 22.5 Å². The number of imidazole rings is 1. The predicted octanol–water partition coefficient (Wildman–Crippen LogP) is 2.58. The lowest BCUT2D eigenvalue weighted by Gasteiger charge is -2.09. The van der Waals surface area contributed by atoms with Crippen molar-refractivity contribution in [1.29, 1.82) is 0 Å². The fourth-order valence-corrected chi connectivity index (χ4v) is 3.76. The first-order chi connectivity index (χ1) is 14.0. The minimum atomic E-state index is -3.91. The summed E-state index contributed by atoms with van der Waals surface area (Å²) in [6.07, 6.45) is 3.50. The van der Waals surface area contributed by atoms with Crippen LogP contribution < -0.4 is 10.0 Å². The van der Waals surface area contributed by atoms with Crippen LogP contribution in [0.3, 0.4) is 0 Å². The molecule has 4 aromatic rings. The molecule has 2 aromatic heterocycles. The van der Waals surface area contributed by atoms with Gasteiger partial charge in [0.2, 0.25) is 0 Å². The maximum atomic E-state index is 12.2. The molecule has 0 spiro atoms. The Morgan fingerprint density at radius 1 is 1.00 bits per heavy atom. The molecule has 2 N–H and O–H groups in total. The summed E-state index contributed by atoms with van der Waals surface area (Å²) in [5, 5.41) is 6.76. The number of fused-ring (bicyclic) bond motifs is 1. The van der Waals surface area contributed by atoms with Crippen LogP contribution in [0.25, 0.3) is 16.9 Å². The van der Waals surface area contributed by atoms with Crippen molar-refractivity contribution in [2.75, 3.05) is 0 Å². The molecule has 0 radical (unpaired) electrons. The standard InChI is InChI=1S/C20H17N5O3S/c26-20(24-29(27,28)17-8-2-1-3-9-17)21-13-15-6-4-7-16(12-15)18-14-25-19(23-18)10-5-11-22-25/h1-12,14H,13H2,(H2,21,24,26). The van der Waals surface area contributed by atoms with Crippen LogP contribution in [0.15, 0.2) is 84.0 Å². The van der Waals surface area contributed by atoms with Crippen molar-refractivity contribution >= 4 is 21.7 Å². The molecular formula is C20H17N5O3S. The largest absolute Gasteiger partial charge is 0.333 e. The molecular weight excluding hydrogens is 390 g/mol. The number of amides is 2. The zero-order chi connectivity index (χ0) is 20.3. The van der Waals surface area contributed by atoms with Gasteiger partial charge in [0.15, 0.2) is 5.65 Å². The van der Waals surface area contributed by atoms with Crippen molar-refractivity contribution in [3.63, 3.8) is 0 Å². The summed E-state index contributed by atoms with van der Waals surface area (Å²) < 4.78 is 28.1. The van der Waals surface area contributed by atoms with Gasteiger partial charge in [-0.2, -0.15) is 5.10 Å². The van der Waals surface area contributed by atoms with Crippen LogP contribution in [0.1, 0.15) is 5.56 Å². The van der Waals surface area contributed by atoms with Crippen LogP contribution in [0, 0.1) is 0 Å². The molecule has 0 aliphatic carbocycles. The number of nitrogens with zero attached hydrogens (tertiary/aromatic N) is 3. The third-order valence-electron chi connectivity index (χ3n) is 4.19. The Kier molecular flexibility index (Phi) is 4.96. The van der Waals surface area contributed by atoms with Crippen LogP contribution in [0.4, 0.5) is 4.79 Å². The van der Waals surface area contributed by atoms with E-state index in [-0.39, 0.29) is 11.4 Å². The normalized spacial score (nSPS) is 11.3. The van der Waals surface area contributed by atoms with Crippen molar-refractivity contribution < 1.29 is 13.2 Å². The number of carbonyl (C=O) groups is 1. The van der Waals surface area contributed by atoms with Gasteiger partial charge in [-0.05, 0) is 35.9 Å². The lowest BCUT2D eigenvalue weighted by Crippen LogP contribution is -2.39. The second-order valence-corrected chi connectivity index (χ2v) is 7.94. The Bertz CT molecular complexity index is 1240. The van der Waals surface area contributed by atoms with Crippen LogP contribution in [0.5, 0.6) is 0 Å². The zero-order valence-corrected chi connectivity index (χ0v) is 16.0. The quantitative estimate of drug-likeness (QED) is 0.529. The minimum absolute atomic E-state index is 0.0256. The molecule has 4 rings (SSSR count). The van der Waals surface area contributed by atoms with Gasteiger partial charge in [0.05, 0.1) is 16.8 Å². The lowest BCUT2D eigenvalue weighted by molar-refractivity contribution is 0.245. The Balaban J connectivity index is 1.44. The molecule has 0 fully saturated rings. The number of benzene rings is 2. The number of rotatable bonds is 5. The van der Waals surface area contributed by atoms with Crippen LogP contribution in [0.2, 0.25) is 0 Å². The molecule has 8 nitrogen and oxygen atoms in total. The monoisotopic (exact) mass is 407 g/mol. The van der Waals surface area contributed by atoms with Gasteiger partial charge in [-0.3, -0.25) is 0 Å². The summed E-state index contributed by atoms with van der Waals surface area (Å²) in [6.45, 7) is 0.162. The SMILES string of the molecule is O=C(NCc1cccc(-c2cn3ncccc3n2)c1)NS(=O)(=O)c1ccccc1. The molecule has 0 atom stereocenters. The highest BCUT2D eigenvalue weighted by Crippen LogP contribution is 2.20. The van der Waals surface area contributed by atoms with Crippen molar-refractivity contribution in [3.8, 4) is 11.3 Å².